The standard InChI is InChI=1S/C23H19NO5/c1-28-13-9-10-17(20(11-13)29-2)24-12-16-14-5-3-7-18(25)21(14)23(27)22-15(16)6-4-8-19(22)26/h3-12,25-27H,1-2H3. The number of aliphatic imine (C=N–C) groups is 1. The maximum atomic E-state index is 10.7. The summed E-state index contributed by atoms with van der Waals surface area (Å²) in [6.07, 6.45) is 1.63. The van der Waals surface area contributed by atoms with Crippen molar-refractivity contribution in [3.8, 4) is 28.7 Å². The van der Waals surface area contributed by atoms with Crippen molar-refractivity contribution in [1.82, 2.24) is 0 Å². The molecule has 3 N–H and O–H groups in total. The molecule has 4 rings (SSSR count). The number of fused-ring (bicyclic) bond motifs is 2. The van der Waals surface area contributed by atoms with Gasteiger partial charge in [0.05, 0.1) is 25.0 Å². The molecule has 0 aliphatic rings. The van der Waals surface area contributed by atoms with Crippen LogP contribution in [0, 0.1) is 0 Å². The molecule has 0 aromatic heterocycles. The SMILES string of the molecule is COc1ccc(N=Cc2c3cccc(O)c3c(O)c3c(O)cccc23)c(OC)c1. The Bertz CT molecular complexity index is 1200. The zero-order chi connectivity index (χ0) is 20.5. The second-order valence-corrected chi connectivity index (χ2v) is 6.46. The van der Waals surface area contributed by atoms with Crippen molar-refractivity contribution in [1.29, 1.82) is 0 Å². The molecule has 0 heterocycles. The molecule has 0 saturated carbocycles. The number of methoxy groups -OCH3 is 2. The lowest BCUT2D eigenvalue weighted by Gasteiger charge is -2.13. The van der Waals surface area contributed by atoms with E-state index in [4.69, 9.17) is 9.47 Å². The van der Waals surface area contributed by atoms with E-state index in [1.807, 2.05) is 0 Å². The molecule has 0 atom stereocenters. The first-order valence-electron chi connectivity index (χ1n) is 8.89. The Morgan fingerprint density at radius 3 is 1.97 bits per heavy atom. The van der Waals surface area contributed by atoms with Gasteiger partial charge in [0.2, 0.25) is 0 Å². The predicted molar refractivity (Wildman–Crippen MR) is 113 cm³/mol. The van der Waals surface area contributed by atoms with Gasteiger partial charge >= 0.3 is 0 Å². The van der Waals surface area contributed by atoms with Crippen LogP contribution in [0.15, 0.2) is 59.6 Å². The summed E-state index contributed by atoms with van der Waals surface area (Å²) >= 11 is 0. The average molecular weight is 389 g/mol. The summed E-state index contributed by atoms with van der Waals surface area (Å²) in [4.78, 5) is 4.56. The summed E-state index contributed by atoms with van der Waals surface area (Å²) < 4.78 is 10.6. The second kappa shape index (κ2) is 7.24. The number of rotatable bonds is 4. The van der Waals surface area contributed by atoms with E-state index in [9.17, 15) is 15.3 Å². The molecule has 0 fully saturated rings. The number of hydrogen-bond acceptors (Lipinski definition) is 6. The van der Waals surface area contributed by atoms with Crippen molar-refractivity contribution in [3.05, 3.63) is 60.2 Å². The highest BCUT2D eigenvalue weighted by atomic mass is 16.5. The minimum absolute atomic E-state index is 0.0816. The van der Waals surface area contributed by atoms with Crippen LogP contribution in [0.25, 0.3) is 21.5 Å². The van der Waals surface area contributed by atoms with E-state index in [0.717, 1.165) is 0 Å². The number of ether oxygens (including phenoxy) is 2. The van der Waals surface area contributed by atoms with E-state index in [0.29, 0.717) is 33.5 Å². The van der Waals surface area contributed by atoms with Crippen LogP contribution in [0.5, 0.6) is 28.7 Å². The molecule has 0 saturated heterocycles. The summed E-state index contributed by atoms with van der Waals surface area (Å²) in [6.45, 7) is 0. The van der Waals surface area contributed by atoms with E-state index in [1.54, 1.807) is 62.9 Å². The lowest BCUT2D eigenvalue weighted by atomic mass is 9.95. The van der Waals surface area contributed by atoms with Crippen LogP contribution in [0.1, 0.15) is 5.56 Å². The van der Waals surface area contributed by atoms with Crippen LogP contribution in [0.4, 0.5) is 5.69 Å². The molecular formula is C23H19NO5. The molecule has 6 heteroatoms. The Balaban J connectivity index is 2.01. The third kappa shape index (κ3) is 3.04. The van der Waals surface area contributed by atoms with Gasteiger partial charge in [0.15, 0.2) is 0 Å². The molecule has 29 heavy (non-hydrogen) atoms. The maximum absolute atomic E-state index is 10.7. The summed E-state index contributed by atoms with van der Waals surface area (Å²) in [6, 6.07) is 15.2. The van der Waals surface area contributed by atoms with E-state index in [2.05, 4.69) is 4.99 Å². The quantitative estimate of drug-likeness (QED) is 0.342. The number of phenolic OH excluding ortho intramolecular Hbond substituents is 3. The van der Waals surface area contributed by atoms with Crippen LogP contribution in [0.2, 0.25) is 0 Å². The molecular weight excluding hydrogens is 370 g/mol. The topological polar surface area (TPSA) is 91.5 Å². The fourth-order valence-electron chi connectivity index (χ4n) is 3.46. The van der Waals surface area contributed by atoms with Gasteiger partial charge in [-0.15, -0.1) is 0 Å². The van der Waals surface area contributed by atoms with Crippen molar-refractivity contribution in [2.45, 2.75) is 0 Å². The van der Waals surface area contributed by atoms with Crippen molar-refractivity contribution < 1.29 is 24.8 Å². The molecule has 146 valence electrons. The number of aromatic hydroxyl groups is 3. The zero-order valence-electron chi connectivity index (χ0n) is 15.9. The first-order valence-corrected chi connectivity index (χ1v) is 8.89. The second-order valence-electron chi connectivity index (χ2n) is 6.46. The van der Waals surface area contributed by atoms with Gasteiger partial charge in [-0.3, -0.25) is 4.99 Å². The van der Waals surface area contributed by atoms with Crippen molar-refractivity contribution >= 4 is 33.4 Å². The van der Waals surface area contributed by atoms with Gasteiger partial charge in [-0.05, 0) is 35.0 Å². The summed E-state index contributed by atoms with van der Waals surface area (Å²) in [7, 11) is 3.13. The lowest BCUT2D eigenvalue weighted by Crippen LogP contribution is -1.91. The highest BCUT2D eigenvalue weighted by Gasteiger charge is 2.17. The largest absolute Gasteiger partial charge is 0.507 e. The fourth-order valence-corrected chi connectivity index (χ4v) is 3.46. The number of hydrogen-bond donors (Lipinski definition) is 3. The van der Waals surface area contributed by atoms with Crippen molar-refractivity contribution in [2.75, 3.05) is 14.2 Å². The molecule has 0 bridgehead atoms. The Labute approximate surface area is 166 Å². The predicted octanol–water partition coefficient (Wildman–Crippen LogP) is 4.88. The van der Waals surface area contributed by atoms with Crippen molar-refractivity contribution in [3.63, 3.8) is 0 Å². The molecule has 0 amide bonds. The Hall–Kier alpha value is -3.93. The average Bonchev–Trinajstić information content (AvgIpc) is 2.73. The molecule has 0 spiro atoms. The molecule has 6 nitrogen and oxygen atoms in total. The third-order valence-corrected chi connectivity index (χ3v) is 4.86. The molecule has 0 radical (unpaired) electrons. The molecule has 0 aliphatic carbocycles. The molecule has 4 aromatic carbocycles. The third-order valence-electron chi connectivity index (χ3n) is 4.86. The first kappa shape index (κ1) is 18.4. The number of phenols is 3. The molecule has 4 aromatic rings. The van der Waals surface area contributed by atoms with Gasteiger partial charge in [0.1, 0.15) is 34.4 Å². The van der Waals surface area contributed by atoms with Gasteiger partial charge in [-0.25, -0.2) is 0 Å². The van der Waals surface area contributed by atoms with E-state index >= 15 is 0 Å². The fraction of sp³-hybridized carbons (Fsp3) is 0.0870. The van der Waals surface area contributed by atoms with Crippen LogP contribution in [-0.4, -0.2) is 35.8 Å². The van der Waals surface area contributed by atoms with E-state index in [1.165, 1.54) is 12.1 Å². The first-order chi connectivity index (χ1) is 14.0. The van der Waals surface area contributed by atoms with Gasteiger partial charge in [-0.1, -0.05) is 24.3 Å². The molecule has 0 unspecified atom stereocenters. The van der Waals surface area contributed by atoms with Crippen molar-refractivity contribution in [2.24, 2.45) is 4.99 Å². The lowest BCUT2D eigenvalue weighted by molar-refractivity contribution is 0.395. The van der Waals surface area contributed by atoms with Gasteiger partial charge in [0, 0.05) is 17.8 Å². The van der Waals surface area contributed by atoms with Gasteiger partial charge in [-0.2, -0.15) is 0 Å². The number of nitrogens with zero attached hydrogens (tertiary/aromatic N) is 1. The number of benzene rings is 4. The minimum Gasteiger partial charge on any atom is -0.507 e. The zero-order valence-corrected chi connectivity index (χ0v) is 15.9. The maximum Gasteiger partial charge on any atom is 0.148 e. The smallest absolute Gasteiger partial charge is 0.148 e. The normalized spacial score (nSPS) is 11.4. The monoisotopic (exact) mass is 389 g/mol. The van der Waals surface area contributed by atoms with Crippen LogP contribution in [0.3, 0.4) is 0 Å². The van der Waals surface area contributed by atoms with Gasteiger partial charge in [0.25, 0.3) is 0 Å². The Morgan fingerprint density at radius 1 is 0.793 bits per heavy atom. The summed E-state index contributed by atoms with van der Waals surface area (Å²) in [5, 5.41) is 33.1. The highest BCUT2D eigenvalue weighted by Crippen LogP contribution is 2.44. The van der Waals surface area contributed by atoms with E-state index < -0.39 is 0 Å². The van der Waals surface area contributed by atoms with Gasteiger partial charge < -0.3 is 24.8 Å². The highest BCUT2D eigenvalue weighted by molar-refractivity contribution is 6.19. The summed E-state index contributed by atoms with van der Waals surface area (Å²) in [5.41, 5.74) is 1.24. The Kier molecular flexibility index (Phi) is 4.60. The van der Waals surface area contributed by atoms with E-state index in [-0.39, 0.29) is 28.0 Å². The van der Waals surface area contributed by atoms with Crippen LogP contribution >= 0.6 is 0 Å². The minimum atomic E-state index is -0.176. The van der Waals surface area contributed by atoms with Crippen LogP contribution < -0.4 is 9.47 Å². The molecule has 0 aliphatic heterocycles. The summed E-state index contributed by atoms with van der Waals surface area (Å²) in [5.74, 6) is 0.851. The Morgan fingerprint density at radius 2 is 1.41 bits per heavy atom. The van der Waals surface area contributed by atoms with Crippen LogP contribution in [-0.2, 0) is 0 Å².